The van der Waals surface area contributed by atoms with Gasteiger partial charge in [0.25, 0.3) is 5.90 Å². The molecule has 396 valence electrons. The maximum Gasteiger partial charge on any atom is 0.330 e. The first kappa shape index (κ1) is 58.4. The number of benzene rings is 3. The highest BCUT2D eigenvalue weighted by atomic mass is 17.1. The number of carbonyl (C=O) groups excluding carboxylic acids is 6. The number of nitrogens with one attached hydrogen (secondary N) is 1. The Balaban J connectivity index is 0.0000116. The molecule has 73 heavy (non-hydrogen) atoms. The Hall–Kier alpha value is -7.21. The Morgan fingerprint density at radius 2 is 0.863 bits per heavy atom. The number of unbranched alkanes of at least 4 members (excludes halogenated alkanes) is 6. The van der Waals surface area contributed by atoms with E-state index >= 15 is 0 Å². The van der Waals surface area contributed by atoms with Crippen LogP contribution in [0.4, 0.5) is 0 Å². The molecular formula is C55H70N2O16. The lowest BCUT2D eigenvalue weighted by Gasteiger charge is -2.26. The molecule has 2 saturated carbocycles. The van der Waals surface area contributed by atoms with Crippen molar-refractivity contribution in [3.63, 3.8) is 0 Å². The van der Waals surface area contributed by atoms with Crippen LogP contribution in [0.3, 0.4) is 0 Å². The van der Waals surface area contributed by atoms with Gasteiger partial charge in [-0.3, -0.25) is 19.2 Å². The normalized spacial score (nSPS) is 17.3. The van der Waals surface area contributed by atoms with E-state index in [4.69, 9.17) is 37.9 Å². The largest absolute Gasteiger partial charge is 0.494 e. The molecule has 0 atom stereocenters. The average Bonchev–Trinajstić information content (AvgIpc) is 3.40. The van der Waals surface area contributed by atoms with Gasteiger partial charge < -0.3 is 48.2 Å². The number of carbonyl (C=O) groups is 6. The van der Waals surface area contributed by atoms with Gasteiger partial charge in [-0.1, -0.05) is 20.6 Å². The number of nitrogens with zero attached hydrogens (tertiary/aromatic N) is 1. The summed E-state index contributed by atoms with van der Waals surface area (Å²) in [6.45, 7) is 8.52. The summed E-state index contributed by atoms with van der Waals surface area (Å²) in [7, 11) is 1.48. The van der Waals surface area contributed by atoms with E-state index in [0.29, 0.717) is 101 Å². The van der Waals surface area contributed by atoms with Crippen LogP contribution in [0.15, 0.2) is 97.1 Å². The van der Waals surface area contributed by atoms with Gasteiger partial charge >= 0.3 is 35.8 Å². The summed E-state index contributed by atoms with van der Waals surface area (Å²) >= 11 is 0. The summed E-state index contributed by atoms with van der Waals surface area (Å²) in [4.78, 5) is 79.6. The maximum atomic E-state index is 13.5. The number of ether oxygens (including phenoxy) is 8. The first-order valence-electron chi connectivity index (χ1n) is 24.6. The van der Waals surface area contributed by atoms with E-state index in [2.05, 4.69) is 28.6 Å². The molecule has 0 spiro atoms. The minimum atomic E-state index is -0.554. The van der Waals surface area contributed by atoms with E-state index in [9.17, 15) is 34.0 Å². The minimum Gasteiger partial charge on any atom is -0.494 e. The van der Waals surface area contributed by atoms with E-state index in [0.717, 1.165) is 63.5 Å². The molecule has 2 N–H and O–H groups in total. The van der Waals surface area contributed by atoms with Crippen molar-refractivity contribution >= 4 is 41.7 Å². The van der Waals surface area contributed by atoms with Gasteiger partial charge in [0.2, 0.25) is 0 Å². The second-order valence-electron chi connectivity index (χ2n) is 17.4. The smallest absolute Gasteiger partial charge is 0.330 e. The summed E-state index contributed by atoms with van der Waals surface area (Å²) in [5, 5.41) is 13.6. The molecule has 0 aliphatic heterocycles. The zero-order valence-corrected chi connectivity index (χ0v) is 40.9. The zero-order valence-electron chi connectivity index (χ0n) is 40.9. The highest BCUT2D eigenvalue weighted by Crippen LogP contribution is 2.35. The molecule has 3 aromatic carbocycles. The van der Waals surface area contributed by atoms with E-state index in [1.54, 1.807) is 48.5 Å². The van der Waals surface area contributed by atoms with Gasteiger partial charge in [-0.15, -0.1) is 5.10 Å². The SMILES string of the molecule is C.C=CC(=O)OCCCCCCOc1ccc(OC(=O)C2CCC(C(=O)Oc3ccc(OC(=O)C4CCC(C(=O)Oc5ccc(OCCCCCCOC(=O)C=C)cc5)CC4)c(/C(=N/NC)OO)c3)CC2)cc1. The van der Waals surface area contributed by atoms with Crippen molar-refractivity contribution in [2.45, 2.75) is 110 Å². The third-order valence-corrected chi connectivity index (χ3v) is 12.2. The van der Waals surface area contributed by atoms with Crippen molar-refractivity contribution in [2.75, 3.05) is 33.5 Å². The molecule has 3 aromatic rings. The fraction of sp³-hybridized carbons (Fsp3) is 0.473. The summed E-state index contributed by atoms with van der Waals surface area (Å²) in [5.41, 5.74) is 2.55. The first-order chi connectivity index (χ1) is 35.0. The molecule has 0 unspecified atom stereocenters. The summed E-state index contributed by atoms with van der Waals surface area (Å²) in [6.07, 6.45) is 12.4. The third-order valence-electron chi connectivity index (χ3n) is 12.2. The molecule has 0 heterocycles. The number of hydrogen-bond acceptors (Lipinski definition) is 18. The fourth-order valence-electron chi connectivity index (χ4n) is 8.15. The van der Waals surface area contributed by atoms with Crippen molar-refractivity contribution in [2.24, 2.45) is 28.8 Å². The molecule has 5 rings (SSSR count). The van der Waals surface area contributed by atoms with E-state index in [-0.39, 0.29) is 36.4 Å². The van der Waals surface area contributed by atoms with Crippen LogP contribution in [0.1, 0.15) is 116 Å². The Labute approximate surface area is 427 Å². The highest BCUT2D eigenvalue weighted by Gasteiger charge is 2.34. The van der Waals surface area contributed by atoms with Gasteiger partial charge in [0.1, 0.15) is 34.5 Å². The second-order valence-corrected chi connectivity index (χ2v) is 17.4. The summed E-state index contributed by atoms with van der Waals surface area (Å²) in [5.74, 6) is -2.71. The van der Waals surface area contributed by atoms with Crippen molar-refractivity contribution in [1.82, 2.24) is 5.43 Å². The Kier molecular flexibility index (Phi) is 25.6. The predicted molar refractivity (Wildman–Crippen MR) is 269 cm³/mol. The number of esters is 6. The average molecular weight is 1020 g/mol. The molecule has 0 saturated heterocycles. The van der Waals surface area contributed by atoms with Gasteiger partial charge in [-0.2, -0.15) is 0 Å². The monoisotopic (exact) mass is 1010 g/mol. The molecule has 2 fully saturated rings. The van der Waals surface area contributed by atoms with Crippen molar-refractivity contribution < 1.29 is 76.8 Å². The highest BCUT2D eigenvalue weighted by molar-refractivity contribution is 5.98. The van der Waals surface area contributed by atoms with Gasteiger partial charge in [0.05, 0.1) is 55.7 Å². The Morgan fingerprint density at radius 3 is 1.23 bits per heavy atom. The Morgan fingerprint density at radius 1 is 0.521 bits per heavy atom. The number of rotatable bonds is 28. The van der Waals surface area contributed by atoms with Gasteiger partial charge in [0, 0.05) is 19.2 Å². The van der Waals surface area contributed by atoms with Crippen molar-refractivity contribution in [1.29, 1.82) is 0 Å². The van der Waals surface area contributed by atoms with Crippen LogP contribution in [-0.2, 0) is 43.1 Å². The number of hydrazone groups is 1. The van der Waals surface area contributed by atoms with Crippen LogP contribution in [0, 0.1) is 23.7 Å². The Bertz CT molecular complexity index is 2280. The van der Waals surface area contributed by atoms with Crippen LogP contribution in [0.2, 0.25) is 0 Å². The van der Waals surface area contributed by atoms with Crippen molar-refractivity contribution in [3.05, 3.63) is 97.6 Å². The lowest BCUT2D eigenvalue weighted by atomic mass is 9.82. The zero-order chi connectivity index (χ0) is 51.5. The topological polar surface area (TPSA) is 230 Å². The molecular weight excluding hydrogens is 945 g/mol. The molecule has 0 radical (unpaired) electrons. The van der Waals surface area contributed by atoms with Gasteiger partial charge in [-0.05, 0) is 169 Å². The predicted octanol–water partition coefficient (Wildman–Crippen LogP) is 9.66. The first-order valence-corrected chi connectivity index (χ1v) is 24.6. The lowest BCUT2D eigenvalue weighted by Crippen LogP contribution is -2.31. The van der Waals surface area contributed by atoms with Gasteiger partial charge in [0.15, 0.2) is 0 Å². The van der Waals surface area contributed by atoms with Crippen LogP contribution < -0.4 is 33.8 Å². The molecule has 18 nitrogen and oxygen atoms in total. The van der Waals surface area contributed by atoms with Crippen molar-refractivity contribution in [3.8, 4) is 34.5 Å². The van der Waals surface area contributed by atoms with Crippen LogP contribution >= 0.6 is 0 Å². The maximum absolute atomic E-state index is 13.5. The lowest BCUT2D eigenvalue weighted by molar-refractivity contribution is -0.154. The molecule has 0 bridgehead atoms. The molecule has 0 amide bonds. The van der Waals surface area contributed by atoms with Crippen LogP contribution in [0.25, 0.3) is 0 Å². The summed E-state index contributed by atoms with van der Waals surface area (Å²) < 4.78 is 44.3. The quantitative estimate of drug-likeness (QED) is 0.0101. The van der Waals surface area contributed by atoms with Gasteiger partial charge in [-0.25, -0.2) is 14.8 Å². The number of hydrogen-bond donors (Lipinski definition) is 2. The van der Waals surface area contributed by atoms with E-state index in [1.807, 2.05) is 0 Å². The van der Waals surface area contributed by atoms with E-state index in [1.165, 1.54) is 25.2 Å². The van der Waals surface area contributed by atoms with Crippen LogP contribution in [0.5, 0.6) is 34.5 Å². The van der Waals surface area contributed by atoms with Crippen LogP contribution in [-0.4, -0.2) is 80.4 Å². The molecule has 18 heteroatoms. The van der Waals surface area contributed by atoms with E-state index < -0.39 is 53.5 Å². The standard InChI is InChI=1S/C54H66N2O16.CH4/c1-4-48(57)66-34-12-8-6-10-32-64-41-22-26-43(27-23-41)68-51(59)37-14-16-39(17-15-37)53(61)70-45-30-31-47(46(36-45)50(72-63)56-55-3)71-54(62)40-20-18-38(19-21-40)52(60)69-44-28-24-42(25-29-44)65-33-11-7-9-13-35-67-49(58)5-2;/h4-5,22-31,36-40,55,63H,1-2,6-21,32-35H2,3H3;1H4/b56-50-;. The summed E-state index contributed by atoms with van der Waals surface area (Å²) in [6, 6.07) is 17.9. The fourth-order valence-corrected chi connectivity index (χ4v) is 8.15. The minimum absolute atomic E-state index is 0. The molecule has 2 aliphatic carbocycles. The third kappa shape index (κ3) is 20.1. The molecule has 2 aliphatic rings. The molecule has 0 aromatic heterocycles. The second kappa shape index (κ2) is 32.0.